The molecular weight excluding hydrogens is 440 g/mol. The first-order chi connectivity index (χ1) is 16.3. The third kappa shape index (κ3) is 7.84. The van der Waals surface area contributed by atoms with E-state index in [1.807, 2.05) is 37.3 Å². The molecule has 0 saturated heterocycles. The topological polar surface area (TPSA) is 113 Å². The highest BCUT2D eigenvalue weighted by molar-refractivity contribution is 5.98. The molecule has 0 fully saturated rings. The van der Waals surface area contributed by atoms with Crippen LogP contribution in [-0.4, -0.2) is 48.2 Å². The molecule has 1 aromatic carbocycles. The molecule has 0 aliphatic carbocycles. The lowest BCUT2D eigenvalue weighted by Gasteiger charge is -2.25. The minimum absolute atomic E-state index is 0.124. The lowest BCUT2D eigenvalue weighted by atomic mass is 10.1. The van der Waals surface area contributed by atoms with E-state index >= 15 is 0 Å². The predicted molar refractivity (Wildman–Crippen MR) is 125 cm³/mol. The molecule has 0 aliphatic rings. The SMILES string of the molecule is CCC[C@@H](OCc1ccccc1)[C@H](C)OC(=O)[C@H](C)NC(=O)c1nccc(OC)c1OC(C)=O. The Bertz CT molecular complexity index is 965. The van der Waals surface area contributed by atoms with Crippen molar-refractivity contribution in [2.45, 2.75) is 65.4 Å². The van der Waals surface area contributed by atoms with Crippen LogP contribution in [-0.2, 0) is 25.7 Å². The van der Waals surface area contributed by atoms with E-state index in [4.69, 9.17) is 18.9 Å². The van der Waals surface area contributed by atoms with Crippen molar-refractivity contribution < 1.29 is 33.3 Å². The van der Waals surface area contributed by atoms with Crippen LogP contribution in [0.1, 0.15) is 56.6 Å². The number of benzene rings is 1. The minimum atomic E-state index is -0.982. The summed E-state index contributed by atoms with van der Waals surface area (Å²) in [5.41, 5.74) is 0.842. The summed E-state index contributed by atoms with van der Waals surface area (Å²) in [4.78, 5) is 40.8. The lowest BCUT2D eigenvalue weighted by molar-refractivity contribution is -0.159. The van der Waals surface area contributed by atoms with Crippen molar-refractivity contribution in [1.82, 2.24) is 10.3 Å². The molecule has 0 saturated carbocycles. The standard InChI is InChI=1S/C25H32N2O7/c1-6-10-20(32-15-19-11-8-7-9-12-19)17(3)33-25(30)16(2)27-24(29)22-23(34-18(4)28)21(31-5)13-14-26-22/h7-9,11-14,16-17,20H,6,10,15H2,1-5H3,(H,27,29)/t16-,17-,20+/m0/s1. The van der Waals surface area contributed by atoms with Gasteiger partial charge in [-0.25, -0.2) is 9.78 Å². The third-order valence-electron chi connectivity index (χ3n) is 4.96. The summed E-state index contributed by atoms with van der Waals surface area (Å²) in [5, 5.41) is 2.53. The summed E-state index contributed by atoms with van der Waals surface area (Å²) in [7, 11) is 1.37. The number of nitrogens with one attached hydrogen (secondary N) is 1. The van der Waals surface area contributed by atoms with Gasteiger partial charge < -0.3 is 24.3 Å². The van der Waals surface area contributed by atoms with Gasteiger partial charge in [0, 0.05) is 19.2 Å². The van der Waals surface area contributed by atoms with E-state index in [2.05, 4.69) is 10.3 Å². The zero-order valence-electron chi connectivity index (χ0n) is 20.2. The maximum atomic E-state index is 12.8. The molecule has 2 aromatic rings. The number of pyridine rings is 1. The highest BCUT2D eigenvalue weighted by Crippen LogP contribution is 2.29. The van der Waals surface area contributed by atoms with Gasteiger partial charge in [0.1, 0.15) is 12.1 Å². The number of carbonyl (C=O) groups excluding carboxylic acids is 3. The Morgan fingerprint density at radius 3 is 2.41 bits per heavy atom. The number of hydrogen-bond donors (Lipinski definition) is 1. The van der Waals surface area contributed by atoms with Crippen LogP contribution in [0.3, 0.4) is 0 Å². The van der Waals surface area contributed by atoms with E-state index in [1.54, 1.807) is 6.92 Å². The molecule has 2 rings (SSSR count). The summed E-state index contributed by atoms with van der Waals surface area (Å²) in [6, 6.07) is 10.2. The Kier molecular flexibility index (Phi) is 10.5. The number of carbonyl (C=O) groups is 3. The van der Waals surface area contributed by atoms with Gasteiger partial charge in [0.25, 0.3) is 5.91 Å². The number of ether oxygens (including phenoxy) is 4. The van der Waals surface area contributed by atoms with Crippen molar-refractivity contribution in [2.24, 2.45) is 0 Å². The molecule has 34 heavy (non-hydrogen) atoms. The lowest BCUT2D eigenvalue weighted by Crippen LogP contribution is -2.43. The molecule has 3 atom stereocenters. The number of methoxy groups -OCH3 is 1. The quantitative estimate of drug-likeness (QED) is 0.468. The molecule has 0 unspecified atom stereocenters. The molecule has 0 radical (unpaired) electrons. The molecular formula is C25H32N2O7. The normalized spacial score (nSPS) is 13.3. The van der Waals surface area contributed by atoms with Crippen LogP contribution in [0.25, 0.3) is 0 Å². The van der Waals surface area contributed by atoms with Crippen LogP contribution < -0.4 is 14.8 Å². The first-order valence-corrected chi connectivity index (χ1v) is 11.1. The molecule has 1 aromatic heterocycles. The zero-order chi connectivity index (χ0) is 25.1. The molecule has 1 N–H and O–H groups in total. The second-order valence-electron chi connectivity index (χ2n) is 7.75. The first kappa shape index (κ1) is 26.8. The molecule has 9 heteroatoms. The van der Waals surface area contributed by atoms with Gasteiger partial charge in [0.2, 0.25) is 5.75 Å². The maximum absolute atomic E-state index is 12.8. The minimum Gasteiger partial charge on any atom is -0.493 e. The summed E-state index contributed by atoms with van der Waals surface area (Å²) in [6.07, 6.45) is 2.08. The van der Waals surface area contributed by atoms with E-state index in [0.29, 0.717) is 13.0 Å². The van der Waals surface area contributed by atoms with Gasteiger partial charge in [0.15, 0.2) is 11.4 Å². The Hall–Kier alpha value is -3.46. The van der Waals surface area contributed by atoms with Gasteiger partial charge in [-0.1, -0.05) is 43.7 Å². The summed E-state index contributed by atoms with van der Waals surface area (Å²) < 4.78 is 21.8. The van der Waals surface area contributed by atoms with E-state index < -0.39 is 30.0 Å². The summed E-state index contributed by atoms with van der Waals surface area (Å²) >= 11 is 0. The second-order valence-corrected chi connectivity index (χ2v) is 7.75. The average molecular weight is 473 g/mol. The molecule has 0 bridgehead atoms. The summed E-state index contributed by atoms with van der Waals surface area (Å²) in [5.74, 6) is -1.93. The van der Waals surface area contributed by atoms with Gasteiger partial charge in [-0.15, -0.1) is 0 Å². The van der Waals surface area contributed by atoms with Crippen molar-refractivity contribution in [2.75, 3.05) is 7.11 Å². The average Bonchev–Trinajstić information content (AvgIpc) is 2.81. The monoisotopic (exact) mass is 472 g/mol. The van der Waals surface area contributed by atoms with Crippen LogP contribution in [0.5, 0.6) is 11.5 Å². The predicted octanol–water partition coefficient (Wildman–Crippen LogP) is 3.45. The third-order valence-corrected chi connectivity index (χ3v) is 4.96. The van der Waals surface area contributed by atoms with Gasteiger partial charge in [0.05, 0.1) is 19.8 Å². The molecule has 0 spiro atoms. The van der Waals surface area contributed by atoms with Crippen LogP contribution in [0.15, 0.2) is 42.6 Å². The van der Waals surface area contributed by atoms with Crippen molar-refractivity contribution >= 4 is 17.8 Å². The van der Waals surface area contributed by atoms with Crippen LogP contribution in [0.4, 0.5) is 0 Å². The number of nitrogens with zero attached hydrogens (tertiary/aromatic N) is 1. The Balaban J connectivity index is 2.01. The highest BCUT2D eigenvalue weighted by Gasteiger charge is 2.27. The summed E-state index contributed by atoms with van der Waals surface area (Å²) in [6.45, 7) is 6.89. The Morgan fingerprint density at radius 2 is 1.79 bits per heavy atom. The van der Waals surface area contributed by atoms with Crippen molar-refractivity contribution in [1.29, 1.82) is 0 Å². The number of rotatable bonds is 12. The fourth-order valence-electron chi connectivity index (χ4n) is 3.20. The number of amides is 1. The van der Waals surface area contributed by atoms with Crippen molar-refractivity contribution in [3.63, 3.8) is 0 Å². The second kappa shape index (κ2) is 13.3. The van der Waals surface area contributed by atoms with Gasteiger partial charge in [-0.2, -0.15) is 0 Å². The van der Waals surface area contributed by atoms with Gasteiger partial charge in [-0.3, -0.25) is 9.59 Å². The van der Waals surface area contributed by atoms with Crippen LogP contribution in [0, 0.1) is 0 Å². The largest absolute Gasteiger partial charge is 0.493 e. The van der Waals surface area contributed by atoms with E-state index in [0.717, 1.165) is 12.0 Å². The number of hydrogen-bond acceptors (Lipinski definition) is 8. The molecule has 1 amide bonds. The van der Waals surface area contributed by atoms with Crippen LogP contribution >= 0.6 is 0 Å². The van der Waals surface area contributed by atoms with E-state index in [9.17, 15) is 14.4 Å². The zero-order valence-corrected chi connectivity index (χ0v) is 20.2. The van der Waals surface area contributed by atoms with E-state index in [1.165, 1.54) is 33.2 Å². The van der Waals surface area contributed by atoms with Gasteiger partial charge >= 0.3 is 11.9 Å². The van der Waals surface area contributed by atoms with Crippen molar-refractivity contribution in [3.8, 4) is 11.5 Å². The molecule has 1 heterocycles. The first-order valence-electron chi connectivity index (χ1n) is 11.1. The fraction of sp³-hybridized carbons (Fsp3) is 0.440. The van der Waals surface area contributed by atoms with Crippen molar-refractivity contribution in [3.05, 3.63) is 53.9 Å². The highest BCUT2D eigenvalue weighted by atomic mass is 16.6. The smallest absolute Gasteiger partial charge is 0.328 e. The maximum Gasteiger partial charge on any atom is 0.328 e. The Labute approximate surface area is 199 Å². The Morgan fingerprint density at radius 1 is 1.09 bits per heavy atom. The van der Waals surface area contributed by atoms with E-state index in [-0.39, 0.29) is 23.3 Å². The van der Waals surface area contributed by atoms with Crippen LogP contribution in [0.2, 0.25) is 0 Å². The van der Waals surface area contributed by atoms with Gasteiger partial charge in [-0.05, 0) is 25.8 Å². The number of aromatic nitrogens is 1. The molecule has 184 valence electrons. The number of esters is 2. The molecule has 9 nitrogen and oxygen atoms in total. The molecule has 0 aliphatic heterocycles. The fourth-order valence-corrected chi connectivity index (χ4v) is 3.20.